The van der Waals surface area contributed by atoms with Crippen LogP contribution in [-0.4, -0.2) is 22.3 Å². The molecule has 0 spiro atoms. The van der Waals surface area contributed by atoms with Gasteiger partial charge in [0.25, 0.3) is 0 Å². The molecule has 23 heavy (non-hydrogen) atoms. The lowest BCUT2D eigenvalue weighted by Crippen LogP contribution is -2.57. The zero-order valence-electron chi connectivity index (χ0n) is 14.7. The highest BCUT2D eigenvalue weighted by atomic mass is 16.3. The summed E-state index contributed by atoms with van der Waals surface area (Å²) in [6.07, 6.45) is 6.21. The van der Waals surface area contributed by atoms with E-state index >= 15 is 0 Å². The summed E-state index contributed by atoms with van der Waals surface area (Å²) in [6.45, 7) is 6.37. The number of ketones is 2. The standard InChI is InChI=1S/C20H30O3/c1-11-17-14(13-5-4-12(21)10-15(13)18(11)22)6-8-19(2)16(17)7-9-20(19,3)23/h11,13-17,23H,4-10H2,1-3H3/t11-,13+,14+,15?,16-,17+,19-,20-/m0/s1. The van der Waals surface area contributed by atoms with Crippen LogP contribution in [0.4, 0.5) is 0 Å². The zero-order valence-corrected chi connectivity index (χ0v) is 14.7. The molecule has 0 bridgehead atoms. The lowest BCUT2D eigenvalue weighted by molar-refractivity contribution is -0.161. The van der Waals surface area contributed by atoms with E-state index < -0.39 is 5.60 Å². The Morgan fingerprint density at radius 2 is 1.78 bits per heavy atom. The fraction of sp³-hybridized carbons (Fsp3) is 0.900. The van der Waals surface area contributed by atoms with E-state index in [1.807, 2.05) is 6.92 Å². The average molecular weight is 318 g/mol. The Morgan fingerprint density at radius 1 is 1.04 bits per heavy atom. The average Bonchev–Trinajstić information content (AvgIpc) is 2.74. The Bertz CT molecular complexity index is 551. The van der Waals surface area contributed by atoms with Crippen molar-refractivity contribution in [3.8, 4) is 0 Å². The van der Waals surface area contributed by atoms with E-state index in [1.54, 1.807) is 0 Å². The van der Waals surface area contributed by atoms with Crippen LogP contribution in [-0.2, 0) is 9.59 Å². The molecule has 0 heterocycles. The lowest BCUT2D eigenvalue weighted by Gasteiger charge is -2.57. The van der Waals surface area contributed by atoms with E-state index in [-0.39, 0.29) is 23.0 Å². The Kier molecular flexibility index (Phi) is 3.37. The first kappa shape index (κ1) is 15.8. The smallest absolute Gasteiger partial charge is 0.139 e. The molecule has 4 rings (SSSR count). The maximum absolute atomic E-state index is 13.0. The van der Waals surface area contributed by atoms with Crippen LogP contribution in [0.5, 0.6) is 0 Å². The maximum Gasteiger partial charge on any atom is 0.139 e. The van der Waals surface area contributed by atoms with Crippen molar-refractivity contribution in [3.05, 3.63) is 0 Å². The Balaban J connectivity index is 1.70. The minimum atomic E-state index is -0.592. The van der Waals surface area contributed by atoms with Crippen LogP contribution in [0.2, 0.25) is 0 Å². The summed E-state index contributed by atoms with van der Waals surface area (Å²) >= 11 is 0. The minimum absolute atomic E-state index is 0.00114. The first-order chi connectivity index (χ1) is 10.8. The van der Waals surface area contributed by atoms with Crippen molar-refractivity contribution < 1.29 is 14.7 Å². The van der Waals surface area contributed by atoms with Crippen LogP contribution in [0.25, 0.3) is 0 Å². The molecule has 3 heteroatoms. The lowest BCUT2D eigenvalue weighted by atomic mass is 9.46. The molecule has 0 amide bonds. The molecule has 4 aliphatic rings. The van der Waals surface area contributed by atoms with Gasteiger partial charge >= 0.3 is 0 Å². The molecule has 0 aliphatic heterocycles. The highest BCUT2D eigenvalue weighted by Crippen LogP contribution is 2.65. The van der Waals surface area contributed by atoms with Gasteiger partial charge in [0.1, 0.15) is 11.6 Å². The van der Waals surface area contributed by atoms with Gasteiger partial charge in [-0.1, -0.05) is 13.8 Å². The predicted molar refractivity (Wildman–Crippen MR) is 87.7 cm³/mol. The molecule has 4 fully saturated rings. The molecule has 1 N–H and O–H groups in total. The van der Waals surface area contributed by atoms with Gasteiger partial charge < -0.3 is 5.11 Å². The molecule has 1 unspecified atom stereocenters. The molecule has 0 radical (unpaired) electrons. The molecule has 128 valence electrons. The Morgan fingerprint density at radius 3 is 2.52 bits per heavy atom. The molecule has 0 saturated heterocycles. The van der Waals surface area contributed by atoms with Crippen molar-refractivity contribution in [3.63, 3.8) is 0 Å². The van der Waals surface area contributed by atoms with Crippen molar-refractivity contribution in [1.82, 2.24) is 0 Å². The summed E-state index contributed by atoms with van der Waals surface area (Å²) < 4.78 is 0. The number of rotatable bonds is 0. The molecular weight excluding hydrogens is 288 g/mol. The van der Waals surface area contributed by atoms with Gasteiger partial charge in [-0.2, -0.15) is 0 Å². The quantitative estimate of drug-likeness (QED) is 0.745. The van der Waals surface area contributed by atoms with Crippen molar-refractivity contribution in [2.24, 2.45) is 40.9 Å². The van der Waals surface area contributed by atoms with Crippen LogP contribution >= 0.6 is 0 Å². The molecular formula is C20H30O3. The van der Waals surface area contributed by atoms with Gasteiger partial charge in [-0.05, 0) is 68.1 Å². The second kappa shape index (κ2) is 4.91. The van der Waals surface area contributed by atoms with E-state index in [0.717, 1.165) is 32.1 Å². The van der Waals surface area contributed by atoms with Crippen LogP contribution in [0.3, 0.4) is 0 Å². The van der Waals surface area contributed by atoms with Crippen LogP contribution < -0.4 is 0 Å². The molecule has 4 saturated carbocycles. The van der Waals surface area contributed by atoms with Crippen molar-refractivity contribution >= 4 is 11.6 Å². The number of carbonyl (C=O) groups excluding carboxylic acids is 2. The van der Waals surface area contributed by atoms with Gasteiger partial charge in [0, 0.05) is 24.7 Å². The van der Waals surface area contributed by atoms with Gasteiger partial charge in [0.05, 0.1) is 5.60 Å². The fourth-order valence-electron chi connectivity index (χ4n) is 7.07. The summed E-state index contributed by atoms with van der Waals surface area (Å²) in [5, 5.41) is 10.9. The number of Topliss-reactive ketones (excluding diaryl/α,β-unsaturated/α-hetero) is 2. The van der Waals surface area contributed by atoms with Gasteiger partial charge in [0.15, 0.2) is 0 Å². The monoisotopic (exact) mass is 318 g/mol. The topological polar surface area (TPSA) is 54.4 Å². The van der Waals surface area contributed by atoms with Crippen LogP contribution in [0.15, 0.2) is 0 Å². The third-order valence-corrected chi connectivity index (χ3v) is 8.61. The highest BCUT2D eigenvalue weighted by molar-refractivity contribution is 5.91. The fourth-order valence-corrected chi connectivity index (χ4v) is 7.07. The van der Waals surface area contributed by atoms with Gasteiger partial charge in [-0.25, -0.2) is 0 Å². The molecule has 8 atom stereocenters. The second-order valence-electron chi connectivity index (χ2n) is 9.36. The van der Waals surface area contributed by atoms with Gasteiger partial charge in [-0.3, -0.25) is 9.59 Å². The number of carbonyl (C=O) groups is 2. The Hall–Kier alpha value is -0.700. The SMILES string of the molecule is C[C@@H]1C(=O)C2CC(=O)CC[C@@H]2[C@H]2CC[C@@]3(C)[C@@H](CC[C@]3(C)O)[C@@H]21. The number of hydrogen-bond donors (Lipinski definition) is 1. The van der Waals surface area contributed by atoms with Gasteiger partial charge in [-0.15, -0.1) is 0 Å². The number of aliphatic hydroxyl groups is 1. The van der Waals surface area contributed by atoms with E-state index in [2.05, 4.69) is 13.8 Å². The second-order valence-corrected chi connectivity index (χ2v) is 9.36. The molecule has 4 aliphatic carbocycles. The minimum Gasteiger partial charge on any atom is -0.390 e. The maximum atomic E-state index is 13.0. The summed E-state index contributed by atoms with van der Waals surface area (Å²) in [6, 6.07) is 0. The molecule has 0 aromatic heterocycles. The summed E-state index contributed by atoms with van der Waals surface area (Å²) in [5.41, 5.74) is -0.634. The third-order valence-electron chi connectivity index (χ3n) is 8.61. The highest BCUT2D eigenvalue weighted by Gasteiger charge is 2.63. The third kappa shape index (κ3) is 1.98. The first-order valence-electron chi connectivity index (χ1n) is 9.54. The first-order valence-corrected chi connectivity index (χ1v) is 9.54. The summed E-state index contributed by atoms with van der Waals surface area (Å²) in [4.78, 5) is 24.9. The Labute approximate surface area is 139 Å². The zero-order chi connectivity index (χ0) is 16.6. The largest absolute Gasteiger partial charge is 0.390 e. The van der Waals surface area contributed by atoms with Crippen LogP contribution in [0, 0.1) is 40.9 Å². The molecule has 0 aromatic rings. The van der Waals surface area contributed by atoms with E-state index in [4.69, 9.17) is 0 Å². The van der Waals surface area contributed by atoms with Crippen molar-refractivity contribution in [2.45, 2.75) is 71.3 Å². The van der Waals surface area contributed by atoms with Crippen LogP contribution in [0.1, 0.15) is 65.7 Å². The molecule has 3 nitrogen and oxygen atoms in total. The molecule has 0 aromatic carbocycles. The van der Waals surface area contributed by atoms with E-state index in [9.17, 15) is 14.7 Å². The number of hydrogen-bond acceptors (Lipinski definition) is 3. The predicted octanol–water partition coefficient (Wildman–Crippen LogP) is 3.38. The van der Waals surface area contributed by atoms with E-state index in [1.165, 1.54) is 0 Å². The summed E-state index contributed by atoms with van der Waals surface area (Å²) in [7, 11) is 0. The normalized spacial score (nSPS) is 56.0. The number of fused-ring (bicyclic) bond motifs is 5. The van der Waals surface area contributed by atoms with Crippen molar-refractivity contribution in [2.75, 3.05) is 0 Å². The van der Waals surface area contributed by atoms with E-state index in [0.29, 0.717) is 42.3 Å². The van der Waals surface area contributed by atoms with Crippen molar-refractivity contribution in [1.29, 1.82) is 0 Å². The van der Waals surface area contributed by atoms with Gasteiger partial charge in [0.2, 0.25) is 0 Å². The summed E-state index contributed by atoms with van der Waals surface area (Å²) in [5.74, 6) is 2.60.